The van der Waals surface area contributed by atoms with E-state index in [-0.39, 0.29) is 12.4 Å². The molecule has 0 radical (unpaired) electrons. The number of aromatic nitrogens is 1. The summed E-state index contributed by atoms with van der Waals surface area (Å²) < 4.78 is 2.27. The van der Waals surface area contributed by atoms with Crippen molar-refractivity contribution in [1.82, 2.24) is 0 Å². The fraction of sp³-hybridized carbons (Fsp3) is 0.583. The van der Waals surface area contributed by atoms with Crippen LogP contribution in [0.2, 0.25) is 0 Å². The third-order valence-electron chi connectivity index (χ3n) is 2.39. The van der Waals surface area contributed by atoms with Crippen LogP contribution in [0.3, 0.4) is 0 Å². The van der Waals surface area contributed by atoms with Gasteiger partial charge in [-0.3, -0.25) is 0 Å². The van der Waals surface area contributed by atoms with E-state index in [1.54, 1.807) is 0 Å². The molecule has 0 spiro atoms. The second-order valence-corrected chi connectivity index (χ2v) is 3.50. The molecular formula is C12H20ClN. The van der Waals surface area contributed by atoms with E-state index in [1.165, 1.54) is 24.8 Å². The van der Waals surface area contributed by atoms with Gasteiger partial charge in [0.2, 0.25) is 0 Å². The fourth-order valence-corrected chi connectivity index (χ4v) is 1.42. The fourth-order valence-electron chi connectivity index (χ4n) is 1.42. The van der Waals surface area contributed by atoms with Crippen LogP contribution >= 0.6 is 0 Å². The summed E-state index contributed by atoms with van der Waals surface area (Å²) in [5.74, 6) is 0. The van der Waals surface area contributed by atoms with Crippen LogP contribution in [0.1, 0.15) is 38.7 Å². The lowest BCUT2D eigenvalue weighted by molar-refractivity contribution is -0.697. The van der Waals surface area contributed by atoms with E-state index in [0.717, 1.165) is 13.0 Å². The first-order valence-electron chi connectivity index (χ1n) is 5.34. The highest BCUT2D eigenvalue weighted by Crippen LogP contribution is 1.97. The molecular weight excluding hydrogens is 194 g/mol. The smallest absolute Gasteiger partial charge is 0.169 e. The Hall–Kier alpha value is -0.560. The first kappa shape index (κ1) is 13.4. The maximum Gasteiger partial charge on any atom is 0.169 e. The van der Waals surface area contributed by atoms with Crippen LogP contribution < -0.4 is 17.0 Å². The maximum absolute atomic E-state index is 2.27. The van der Waals surface area contributed by atoms with Crippen molar-refractivity contribution in [3.05, 3.63) is 30.1 Å². The molecule has 0 unspecified atom stereocenters. The highest BCUT2D eigenvalue weighted by atomic mass is 35.5. The SMILES string of the molecule is CCCCC[n+]1ccc(CC)cc1.[Cl-]. The predicted molar refractivity (Wildman–Crippen MR) is 55.5 cm³/mol. The molecule has 80 valence electrons. The normalized spacial score (nSPS) is 9.57. The number of hydrogen-bond acceptors (Lipinski definition) is 0. The van der Waals surface area contributed by atoms with Gasteiger partial charge < -0.3 is 12.4 Å². The van der Waals surface area contributed by atoms with Gasteiger partial charge in [-0.25, -0.2) is 4.57 Å². The molecule has 1 nitrogen and oxygen atoms in total. The van der Waals surface area contributed by atoms with Crippen molar-refractivity contribution in [2.24, 2.45) is 0 Å². The van der Waals surface area contributed by atoms with Gasteiger partial charge in [0.15, 0.2) is 12.4 Å². The molecule has 0 aliphatic heterocycles. The number of unbranched alkanes of at least 4 members (excludes halogenated alkanes) is 2. The summed E-state index contributed by atoms with van der Waals surface area (Å²) in [6, 6.07) is 4.43. The first-order chi connectivity index (χ1) is 6.36. The molecule has 1 heterocycles. The number of hydrogen-bond donors (Lipinski definition) is 0. The zero-order chi connectivity index (χ0) is 9.52. The molecule has 2 heteroatoms. The molecule has 0 fully saturated rings. The van der Waals surface area contributed by atoms with Crippen molar-refractivity contribution in [1.29, 1.82) is 0 Å². The molecule has 0 amide bonds. The van der Waals surface area contributed by atoms with Gasteiger partial charge in [0.05, 0.1) is 0 Å². The van der Waals surface area contributed by atoms with Gasteiger partial charge >= 0.3 is 0 Å². The lowest BCUT2D eigenvalue weighted by atomic mass is 10.2. The number of halogens is 1. The molecule has 0 saturated carbocycles. The Labute approximate surface area is 93.6 Å². The van der Waals surface area contributed by atoms with Gasteiger partial charge in [-0.05, 0) is 18.4 Å². The van der Waals surface area contributed by atoms with Gasteiger partial charge in [-0.2, -0.15) is 0 Å². The monoisotopic (exact) mass is 213 g/mol. The Balaban J connectivity index is 0.00000169. The summed E-state index contributed by atoms with van der Waals surface area (Å²) in [6.07, 6.45) is 9.45. The minimum atomic E-state index is 0. The molecule has 0 aliphatic rings. The van der Waals surface area contributed by atoms with Gasteiger partial charge in [-0.1, -0.05) is 20.3 Å². The molecule has 14 heavy (non-hydrogen) atoms. The number of rotatable bonds is 5. The van der Waals surface area contributed by atoms with Gasteiger partial charge in [-0.15, -0.1) is 0 Å². The highest BCUT2D eigenvalue weighted by molar-refractivity contribution is 5.06. The van der Waals surface area contributed by atoms with Crippen LogP contribution in [0, 0.1) is 0 Å². The number of aryl methyl sites for hydroxylation is 2. The van der Waals surface area contributed by atoms with E-state index >= 15 is 0 Å². The van der Waals surface area contributed by atoms with Crippen molar-refractivity contribution < 1.29 is 17.0 Å². The van der Waals surface area contributed by atoms with Crippen LogP contribution in [0.4, 0.5) is 0 Å². The van der Waals surface area contributed by atoms with Crippen molar-refractivity contribution in [3.63, 3.8) is 0 Å². The zero-order valence-electron chi connectivity index (χ0n) is 9.17. The lowest BCUT2D eigenvalue weighted by Gasteiger charge is -1.97. The van der Waals surface area contributed by atoms with E-state index in [1.807, 2.05) is 0 Å². The Morgan fingerprint density at radius 2 is 1.71 bits per heavy atom. The average molecular weight is 214 g/mol. The molecule has 1 rings (SSSR count). The van der Waals surface area contributed by atoms with Crippen LogP contribution in [-0.2, 0) is 13.0 Å². The Kier molecular flexibility index (Phi) is 7.50. The summed E-state index contributed by atoms with van der Waals surface area (Å²) in [7, 11) is 0. The average Bonchev–Trinajstić information content (AvgIpc) is 2.19. The molecule has 1 aromatic rings. The summed E-state index contributed by atoms with van der Waals surface area (Å²) in [5, 5.41) is 0. The van der Waals surface area contributed by atoms with Gasteiger partial charge in [0.25, 0.3) is 0 Å². The number of pyridine rings is 1. The van der Waals surface area contributed by atoms with E-state index in [9.17, 15) is 0 Å². The highest BCUT2D eigenvalue weighted by Gasteiger charge is 1.98. The molecule has 0 aromatic carbocycles. The minimum absolute atomic E-state index is 0. The van der Waals surface area contributed by atoms with Gasteiger partial charge in [0, 0.05) is 18.6 Å². The van der Waals surface area contributed by atoms with Crippen LogP contribution in [0.15, 0.2) is 24.5 Å². The summed E-state index contributed by atoms with van der Waals surface area (Å²) in [6.45, 7) is 5.60. The minimum Gasteiger partial charge on any atom is -1.00 e. The molecule has 0 atom stereocenters. The second-order valence-electron chi connectivity index (χ2n) is 3.50. The largest absolute Gasteiger partial charge is 1.00 e. The third kappa shape index (κ3) is 4.61. The second kappa shape index (κ2) is 7.81. The molecule has 1 aromatic heterocycles. The molecule has 0 aliphatic carbocycles. The first-order valence-corrected chi connectivity index (χ1v) is 5.34. The molecule has 0 saturated heterocycles. The van der Waals surface area contributed by atoms with Crippen molar-refractivity contribution >= 4 is 0 Å². The van der Waals surface area contributed by atoms with E-state index < -0.39 is 0 Å². The quantitative estimate of drug-likeness (QED) is 0.469. The summed E-state index contributed by atoms with van der Waals surface area (Å²) in [4.78, 5) is 0. The van der Waals surface area contributed by atoms with Crippen LogP contribution in [0.5, 0.6) is 0 Å². The lowest BCUT2D eigenvalue weighted by Crippen LogP contribution is -3.00. The molecule has 0 bridgehead atoms. The van der Waals surface area contributed by atoms with Crippen molar-refractivity contribution in [2.75, 3.05) is 0 Å². The summed E-state index contributed by atoms with van der Waals surface area (Å²) in [5.41, 5.74) is 1.42. The summed E-state index contributed by atoms with van der Waals surface area (Å²) >= 11 is 0. The van der Waals surface area contributed by atoms with E-state index in [0.29, 0.717) is 0 Å². The van der Waals surface area contributed by atoms with Crippen LogP contribution in [0.25, 0.3) is 0 Å². The van der Waals surface area contributed by atoms with E-state index in [4.69, 9.17) is 0 Å². The Morgan fingerprint density at radius 3 is 2.21 bits per heavy atom. The zero-order valence-corrected chi connectivity index (χ0v) is 9.93. The Bertz CT molecular complexity index is 231. The molecule has 0 N–H and O–H groups in total. The topological polar surface area (TPSA) is 3.88 Å². The van der Waals surface area contributed by atoms with E-state index in [2.05, 4.69) is 42.9 Å². The predicted octanol–water partition coefficient (Wildman–Crippen LogP) is -0.269. The van der Waals surface area contributed by atoms with Crippen LogP contribution in [-0.4, -0.2) is 0 Å². The number of nitrogens with zero attached hydrogens (tertiary/aromatic N) is 1. The van der Waals surface area contributed by atoms with Gasteiger partial charge in [0.1, 0.15) is 6.54 Å². The van der Waals surface area contributed by atoms with Crippen molar-refractivity contribution in [2.45, 2.75) is 46.1 Å². The maximum atomic E-state index is 2.27. The third-order valence-corrected chi connectivity index (χ3v) is 2.39. The standard InChI is InChI=1S/C12H20N.ClH/c1-3-5-6-9-13-10-7-12(4-2)8-11-13;/h7-8,10-11H,3-6,9H2,1-2H3;1H/q+1;/p-1. The van der Waals surface area contributed by atoms with Crippen molar-refractivity contribution in [3.8, 4) is 0 Å². The Morgan fingerprint density at radius 1 is 1.07 bits per heavy atom.